The summed E-state index contributed by atoms with van der Waals surface area (Å²) in [5, 5.41) is 3.40. The molecule has 0 amide bonds. The van der Waals surface area contributed by atoms with Gasteiger partial charge in [-0.3, -0.25) is 0 Å². The van der Waals surface area contributed by atoms with Crippen molar-refractivity contribution in [1.29, 1.82) is 0 Å². The molecular weight excluding hydrogens is 262 g/mol. The fraction of sp³-hybridized carbons (Fsp3) is 0.333. The number of nitrogens with one attached hydrogen (secondary N) is 1. The van der Waals surface area contributed by atoms with Crippen LogP contribution < -0.4 is 14.8 Å². The highest BCUT2D eigenvalue weighted by atomic mass is 16.5. The first-order valence-corrected chi connectivity index (χ1v) is 7.40. The zero-order valence-electron chi connectivity index (χ0n) is 12.5. The second-order valence-electron chi connectivity index (χ2n) is 4.86. The second kappa shape index (κ2) is 9.03. The van der Waals surface area contributed by atoms with Crippen molar-refractivity contribution in [1.82, 2.24) is 5.32 Å². The van der Waals surface area contributed by atoms with Crippen LogP contribution in [0.4, 0.5) is 0 Å². The van der Waals surface area contributed by atoms with Crippen LogP contribution in [0.5, 0.6) is 11.5 Å². The van der Waals surface area contributed by atoms with Crippen LogP contribution in [0.25, 0.3) is 0 Å². The molecule has 0 atom stereocenters. The van der Waals surface area contributed by atoms with Gasteiger partial charge in [0.2, 0.25) is 0 Å². The smallest absolute Gasteiger partial charge is 0.119 e. The van der Waals surface area contributed by atoms with Crippen molar-refractivity contribution in [3.8, 4) is 11.5 Å². The summed E-state index contributed by atoms with van der Waals surface area (Å²) in [7, 11) is 1.66. The molecule has 0 aromatic heterocycles. The fourth-order valence-electron chi connectivity index (χ4n) is 2.10. The minimum Gasteiger partial charge on any atom is -0.497 e. The number of aryl methyl sites for hydroxylation is 1. The van der Waals surface area contributed by atoms with E-state index in [0.29, 0.717) is 6.61 Å². The van der Waals surface area contributed by atoms with Crippen LogP contribution in [0, 0.1) is 0 Å². The zero-order valence-corrected chi connectivity index (χ0v) is 12.5. The highest BCUT2D eigenvalue weighted by molar-refractivity contribution is 5.31. The van der Waals surface area contributed by atoms with Crippen LogP contribution >= 0.6 is 0 Å². The first-order chi connectivity index (χ1) is 10.4. The molecule has 0 fully saturated rings. The molecule has 112 valence electrons. The van der Waals surface area contributed by atoms with Crippen LogP contribution in [0.15, 0.2) is 54.6 Å². The SMILES string of the molecule is COc1ccc(OCCNCCCc2ccccc2)cc1. The second-order valence-corrected chi connectivity index (χ2v) is 4.86. The van der Waals surface area contributed by atoms with Crippen LogP contribution in [0.1, 0.15) is 12.0 Å². The number of rotatable bonds is 9. The Labute approximate surface area is 126 Å². The van der Waals surface area contributed by atoms with Gasteiger partial charge in [-0.15, -0.1) is 0 Å². The molecule has 0 saturated heterocycles. The maximum absolute atomic E-state index is 5.65. The molecule has 0 aliphatic heterocycles. The highest BCUT2D eigenvalue weighted by Gasteiger charge is 1.95. The van der Waals surface area contributed by atoms with Gasteiger partial charge in [0.15, 0.2) is 0 Å². The van der Waals surface area contributed by atoms with E-state index in [1.165, 1.54) is 5.56 Å². The monoisotopic (exact) mass is 285 g/mol. The van der Waals surface area contributed by atoms with Gasteiger partial charge in [0.1, 0.15) is 18.1 Å². The van der Waals surface area contributed by atoms with E-state index in [2.05, 4.69) is 35.6 Å². The average Bonchev–Trinajstić information content (AvgIpc) is 2.55. The Morgan fingerprint density at radius 2 is 1.57 bits per heavy atom. The van der Waals surface area contributed by atoms with Gasteiger partial charge in [-0.2, -0.15) is 0 Å². The third-order valence-corrected chi connectivity index (χ3v) is 3.27. The lowest BCUT2D eigenvalue weighted by Crippen LogP contribution is -2.22. The topological polar surface area (TPSA) is 30.5 Å². The third kappa shape index (κ3) is 5.88. The summed E-state index contributed by atoms with van der Waals surface area (Å²) < 4.78 is 10.8. The van der Waals surface area contributed by atoms with Crippen molar-refractivity contribution >= 4 is 0 Å². The Bertz CT molecular complexity index is 496. The third-order valence-electron chi connectivity index (χ3n) is 3.27. The van der Waals surface area contributed by atoms with E-state index >= 15 is 0 Å². The summed E-state index contributed by atoms with van der Waals surface area (Å²) in [6, 6.07) is 18.2. The molecular formula is C18H23NO2. The van der Waals surface area contributed by atoms with Gasteiger partial charge >= 0.3 is 0 Å². The molecule has 21 heavy (non-hydrogen) atoms. The largest absolute Gasteiger partial charge is 0.497 e. The molecule has 0 aliphatic carbocycles. The van der Waals surface area contributed by atoms with Crippen LogP contribution in [0.3, 0.4) is 0 Å². The van der Waals surface area contributed by atoms with Crippen LogP contribution in [0.2, 0.25) is 0 Å². The molecule has 2 aromatic rings. The van der Waals surface area contributed by atoms with Gasteiger partial charge in [0.25, 0.3) is 0 Å². The average molecular weight is 285 g/mol. The van der Waals surface area contributed by atoms with Gasteiger partial charge in [-0.25, -0.2) is 0 Å². The summed E-state index contributed by atoms with van der Waals surface area (Å²) in [6.45, 7) is 2.55. The van der Waals surface area contributed by atoms with E-state index in [1.807, 2.05) is 24.3 Å². The van der Waals surface area contributed by atoms with E-state index < -0.39 is 0 Å². The normalized spacial score (nSPS) is 10.3. The van der Waals surface area contributed by atoms with Crippen molar-refractivity contribution in [2.24, 2.45) is 0 Å². The molecule has 0 saturated carbocycles. The maximum Gasteiger partial charge on any atom is 0.119 e. The number of methoxy groups -OCH3 is 1. The fourth-order valence-corrected chi connectivity index (χ4v) is 2.10. The summed E-state index contributed by atoms with van der Waals surface area (Å²) in [4.78, 5) is 0. The summed E-state index contributed by atoms with van der Waals surface area (Å²) >= 11 is 0. The highest BCUT2D eigenvalue weighted by Crippen LogP contribution is 2.16. The van der Waals surface area contributed by atoms with E-state index in [-0.39, 0.29) is 0 Å². The number of hydrogen-bond acceptors (Lipinski definition) is 3. The summed E-state index contributed by atoms with van der Waals surface area (Å²) in [6.07, 6.45) is 2.26. The molecule has 0 spiro atoms. The Hall–Kier alpha value is -2.00. The number of hydrogen-bond donors (Lipinski definition) is 1. The van der Waals surface area contributed by atoms with Crippen molar-refractivity contribution in [2.45, 2.75) is 12.8 Å². The Morgan fingerprint density at radius 3 is 2.29 bits per heavy atom. The zero-order chi connectivity index (χ0) is 14.8. The van der Waals surface area contributed by atoms with Gasteiger partial charge in [-0.05, 0) is 49.2 Å². The number of benzene rings is 2. The standard InChI is InChI=1S/C18H23NO2/c1-20-17-9-11-18(12-10-17)21-15-14-19-13-5-8-16-6-3-2-4-7-16/h2-4,6-7,9-12,19H,5,8,13-15H2,1H3. The molecule has 0 heterocycles. The Balaban J connectivity index is 1.51. The van der Waals surface area contributed by atoms with E-state index in [1.54, 1.807) is 7.11 Å². The molecule has 0 unspecified atom stereocenters. The minimum atomic E-state index is 0.678. The predicted molar refractivity (Wildman–Crippen MR) is 86.1 cm³/mol. The summed E-state index contributed by atoms with van der Waals surface area (Å²) in [5.74, 6) is 1.73. The lowest BCUT2D eigenvalue weighted by atomic mass is 10.1. The quantitative estimate of drug-likeness (QED) is 0.717. The van der Waals surface area contributed by atoms with Crippen LogP contribution in [-0.4, -0.2) is 26.8 Å². The lowest BCUT2D eigenvalue weighted by molar-refractivity contribution is 0.313. The van der Waals surface area contributed by atoms with Gasteiger partial charge in [0, 0.05) is 6.54 Å². The molecule has 2 rings (SSSR count). The van der Waals surface area contributed by atoms with E-state index in [0.717, 1.165) is 37.4 Å². The van der Waals surface area contributed by atoms with Crippen molar-refractivity contribution < 1.29 is 9.47 Å². The first kappa shape index (κ1) is 15.4. The molecule has 2 aromatic carbocycles. The van der Waals surface area contributed by atoms with Crippen molar-refractivity contribution in [2.75, 3.05) is 26.8 Å². The van der Waals surface area contributed by atoms with Crippen molar-refractivity contribution in [3.05, 3.63) is 60.2 Å². The summed E-state index contributed by atoms with van der Waals surface area (Å²) in [5.41, 5.74) is 1.40. The van der Waals surface area contributed by atoms with Gasteiger partial charge < -0.3 is 14.8 Å². The van der Waals surface area contributed by atoms with Crippen molar-refractivity contribution in [3.63, 3.8) is 0 Å². The Morgan fingerprint density at radius 1 is 0.857 bits per heavy atom. The number of ether oxygens (including phenoxy) is 2. The lowest BCUT2D eigenvalue weighted by Gasteiger charge is -2.08. The van der Waals surface area contributed by atoms with E-state index in [4.69, 9.17) is 9.47 Å². The molecule has 3 heteroatoms. The molecule has 0 radical (unpaired) electrons. The first-order valence-electron chi connectivity index (χ1n) is 7.40. The maximum atomic E-state index is 5.65. The predicted octanol–water partition coefficient (Wildman–Crippen LogP) is 3.30. The molecule has 0 bridgehead atoms. The minimum absolute atomic E-state index is 0.678. The Kier molecular flexibility index (Phi) is 6.62. The van der Waals surface area contributed by atoms with Crippen LogP contribution in [-0.2, 0) is 6.42 Å². The van der Waals surface area contributed by atoms with Gasteiger partial charge in [-0.1, -0.05) is 30.3 Å². The molecule has 3 nitrogen and oxygen atoms in total. The van der Waals surface area contributed by atoms with Gasteiger partial charge in [0.05, 0.1) is 7.11 Å². The molecule has 1 N–H and O–H groups in total. The molecule has 0 aliphatic rings. The van der Waals surface area contributed by atoms with E-state index in [9.17, 15) is 0 Å².